The van der Waals surface area contributed by atoms with E-state index in [-0.39, 0.29) is 0 Å². The van der Waals surface area contributed by atoms with Gasteiger partial charge in [-0.3, -0.25) is 0 Å². The molecule has 0 spiro atoms. The molecule has 2 heterocycles. The van der Waals surface area contributed by atoms with E-state index in [9.17, 15) is 0 Å². The van der Waals surface area contributed by atoms with Crippen molar-refractivity contribution in [3.8, 4) is 22.3 Å². The third-order valence-corrected chi connectivity index (χ3v) is 11.9. The normalized spacial score (nSPS) is 11.7. The lowest BCUT2D eigenvalue weighted by molar-refractivity contribution is 1.30. The molecule has 3 heteroatoms. The van der Waals surface area contributed by atoms with Crippen LogP contribution in [0.4, 0.5) is 17.1 Å². The van der Waals surface area contributed by atoms with E-state index in [2.05, 4.69) is 181 Å². The van der Waals surface area contributed by atoms with Crippen molar-refractivity contribution in [2.75, 3.05) is 4.90 Å². The number of anilines is 3. The van der Waals surface area contributed by atoms with Gasteiger partial charge in [0.2, 0.25) is 0 Å². The lowest BCUT2D eigenvalue weighted by Gasteiger charge is -2.27. The Balaban J connectivity index is 1.20. The highest BCUT2D eigenvalue weighted by Gasteiger charge is 2.19. The molecule has 230 valence electrons. The Morgan fingerprint density at radius 1 is 0.347 bits per heavy atom. The van der Waals surface area contributed by atoms with Crippen molar-refractivity contribution >= 4 is 90.9 Å². The summed E-state index contributed by atoms with van der Waals surface area (Å²) in [4.78, 5) is 2.44. The fourth-order valence-corrected chi connectivity index (χ4v) is 9.63. The molecular weight excluding hydrogens is 631 g/mol. The van der Waals surface area contributed by atoms with E-state index in [0.717, 1.165) is 11.4 Å². The summed E-state index contributed by atoms with van der Waals surface area (Å²) in [5.41, 5.74) is 8.32. The zero-order chi connectivity index (χ0) is 32.3. The molecule has 2 aromatic heterocycles. The Bertz CT molecular complexity index is 2830. The second kappa shape index (κ2) is 11.5. The fraction of sp³-hybridized carbons (Fsp3) is 0. The molecule has 0 aliphatic carbocycles. The number of hydrogen-bond donors (Lipinski definition) is 0. The van der Waals surface area contributed by atoms with Crippen LogP contribution in [0.25, 0.3) is 73.4 Å². The summed E-state index contributed by atoms with van der Waals surface area (Å²) in [6.45, 7) is 0. The van der Waals surface area contributed by atoms with Crippen LogP contribution >= 0.6 is 22.7 Å². The molecule has 10 rings (SSSR count). The van der Waals surface area contributed by atoms with E-state index in [1.54, 1.807) is 0 Å². The van der Waals surface area contributed by atoms with Crippen LogP contribution in [-0.2, 0) is 0 Å². The highest BCUT2D eigenvalue weighted by molar-refractivity contribution is 7.26. The zero-order valence-corrected chi connectivity index (χ0v) is 28.1. The Labute approximate surface area is 292 Å². The highest BCUT2D eigenvalue weighted by atomic mass is 32.1. The van der Waals surface area contributed by atoms with Crippen molar-refractivity contribution in [1.82, 2.24) is 0 Å². The molecule has 0 bridgehead atoms. The smallest absolute Gasteiger partial charge is 0.0540 e. The molecule has 0 saturated carbocycles. The minimum Gasteiger partial charge on any atom is -0.310 e. The second-order valence-electron chi connectivity index (χ2n) is 12.5. The van der Waals surface area contributed by atoms with Crippen molar-refractivity contribution in [1.29, 1.82) is 0 Å². The summed E-state index contributed by atoms with van der Waals surface area (Å²) in [6.07, 6.45) is 0. The maximum Gasteiger partial charge on any atom is 0.0540 e. The topological polar surface area (TPSA) is 3.24 Å². The molecule has 1 nitrogen and oxygen atoms in total. The Kier molecular flexibility index (Phi) is 6.61. The first-order valence-corrected chi connectivity index (χ1v) is 18.2. The minimum atomic E-state index is 1.12. The van der Waals surface area contributed by atoms with Gasteiger partial charge in [0.1, 0.15) is 0 Å². The maximum absolute atomic E-state index is 2.44. The third-order valence-electron chi connectivity index (χ3n) is 9.65. The summed E-state index contributed by atoms with van der Waals surface area (Å²) in [5.74, 6) is 0. The molecule has 0 fully saturated rings. The van der Waals surface area contributed by atoms with Crippen LogP contribution in [0.3, 0.4) is 0 Å². The third kappa shape index (κ3) is 4.74. The van der Waals surface area contributed by atoms with E-state index in [1.807, 2.05) is 22.7 Å². The van der Waals surface area contributed by atoms with Crippen molar-refractivity contribution in [2.24, 2.45) is 0 Å². The van der Waals surface area contributed by atoms with Gasteiger partial charge in [-0.25, -0.2) is 0 Å². The quantitative estimate of drug-likeness (QED) is 0.178. The molecular formula is C46H29NS2. The first kappa shape index (κ1) is 28.3. The van der Waals surface area contributed by atoms with E-state index >= 15 is 0 Å². The minimum absolute atomic E-state index is 1.12. The van der Waals surface area contributed by atoms with Gasteiger partial charge in [-0.2, -0.15) is 0 Å². The lowest BCUT2D eigenvalue weighted by atomic mass is 9.98. The number of hydrogen-bond acceptors (Lipinski definition) is 3. The van der Waals surface area contributed by atoms with Crippen molar-refractivity contribution in [3.63, 3.8) is 0 Å². The average Bonchev–Trinajstić information content (AvgIpc) is 3.73. The number of nitrogens with zero attached hydrogens (tertiary/aromatic N) is 1. The highest BCUT2D eigenvalue weighted by Crippen LogP contribution is 2.45. The molecule has 0 N–H and O–H groups in total. The van der Waals surface area contributed by atoms with E-state index in [1.165, 1.54) is 79.1 Å². The monoisotopic (exact) mass is 659 g/mol. The predicted molar refractivity (Wildman–Crippen MR) is 215 cm³/mol. The Morgan fingerprint density at radius 2 is 1.00 bits per heavy atom. The number of thiophene rings is 2. The first-order valence-electron chi connectivity index (χ1n) is 16.6. The van der Waals surface area contributed by atoms with Gasteiger partial charge in [0.05, 0.1) is 5.69 Å². The molecule has 0 aliphatic heterocycles. The lowest BCUT2D eigenvalue weighted by Crippen LogP contribution is -2.10. The van der Waals surface area contributed by atoms with E-state index in [4.69, 9.17) is 0 Å². The first-order chi connectivity index (χ1) is 24.3. The van der Waals surface area contributed by atoms with Crippen LogP contribution in [0.15, 0.2) is 176 Å². The summed E-state index contributed by atoms with van der Waals surface area (Å²) in [6, 6.07) is 64.5. The molecule has 0 radical (unpaired) electrons. The largest absolute Gasteiger partial charge is 0.310 e. The van der Waals surface area contributed by atoms with Gasteiger partial charge in [0.25, 0.3) is 0 Å². The molecule has 49 heavy (non-hydrogen) atoms. The van der Waals surface area contributed by atoms with Gasteiger partial charge >= 0.3 is 0 Å². The predicted octanol–water partition coefficient (Wildman–Crippen LogP) is 14.4. The van der Waals surface area contributed by atoms with Gasteiger partial charge in [0, 0.05) is 57.1 Å². The molecule has 8 aromatic carbocycles. The molecule has 0 unspecified atom stereocenters. The Morgan fingerprint density at radius 3 is 1.86 bits per heavy atom. The van der Waals surface area contributed by atoms with Crippen LogP contribution in [0, 0.1) is 0 Å². The fourth-order valence-electron chi connectivity index (χ4n) is 7.36. The standard InChI is InChI=1S/C46H29NS2/c1-2-11-30(12-3-1)31-23-25-34(26-24-31)47(41-19-9-14-33-28-45-40(29-39(33)41)37-16-4-6-20-42(37)49-45)35-15-8-13-32(27-35)36-18-10-22-44-46(36)38-17-5-7-21-43(38)48-44/h1-29H. The van der Waals surface area contributed by atoms with Crippen molar-refractivity contribution < 1.29 is 0 Å². The zero-order valence-electron chi connectivity index (χ0n) is 26.5. The van der Waals surface area contributed by atoms with Crippen LogP contribution in [-0.4, -0.2) is 0 Å². The second-order valence-corrected chi connectivity index (χ2v) is 14.7. The molecule has 0 aliphatic rings. The SMILES string of the molecule is c1ccc(-c2ccc(N(c3cccc(-c4cccc5sc6ccccc6c45)c3)c3cccc4cc5sc6ccccc6c5cc34)cc2)cc1. The van der Waals surface area contributed by atoms with E-state index in [0.29, 0.717) is 0 Å². The van der Waals surface area contributed by atoms with Gasteiger partial charge < -0.3 is 4.90 Å². The van der Waals surface area contributed by atoms with Crippen molar-refractivity contribution in [3.05, 3.63) is 176 Å². The van der Waals surface area contributed by atoms with Gasteiger partial charge in [-0.1, -0.05) is 115 Å². The van der Waals surface area contributed by atoms with Crippen LogP contribution in [0.1, 0.15) is 0 Å². The number of fused-ring (bicyclic) bond motifs is 7. The number of rotatable bonds is 5. The summed E-state index contributed by atoms with van der Waals surface area (Å²) >= 11 is 3.74. The van der Waals surface area contributed by atoms with Crippen molar-refractivity contribution in [2.45, 2.75) is 0 Å². The maximum atomic E-state index is 2.44. The summed E-state index contributed by atoms with van der Waals surface area (Å²) in [5, 5.41) is 7.75. The van der Waals surface area contributed by atoms with Gasteiger partial charge in [-0.15, -0.1) is 22.7 Å². The number of benzene rings is 8. The Hall–Kier alpha value is -5.74. The molecule has 0 amide bonds. The van der Waals surface area contributed by atoms with Crippen LogP contribution < -0.4 is 4.90 Å². The van der Waals surface area contributed by atoms with Gasteiger partial charge in [-0.05, 0) is 88.3 Å². The van der Waals surface area contributed by atoms with Gasteiger partial charge in [0.15, 0.2) is 0 Å². The molecule has 0 saturated heterocycles. The van der Waals surface area contributed by atoms with Crippen LogP contribution in [0.5, 0.6) is 0 Å². The molecule has 0 atom stereocenters. The molecule has 10 aromatic rings. The summed E-state index contributed by atoms with van der Waals surface area (Å²) < 4.78 is 5.29. The summed E-state index contributed by atoms with van der Waals surface area (Å²) in [7, 11) is 0. The van der Waals surface area contributed by atoms with Crippen LogP contribution in [0.2, 0.25) is 0 Å². The average molecular weight is 660 g/mol. The van der Waals surface area contributed by atoms with E-state index < -0.39 is 0 Å².